The molecule has 1 aromatic rings. The fourth-order valence-electron chi connectivity index (χ4n) is 1.47. The molecule has 0 radical (unpaired) electrons. The van der Waals surface area contributed by atoms with Gasteiger partial charge in [0.1, 0.15) is 0 Å². The molecule has 0 aliphatic heterocycles. The first-order valence-electron chi connectivity index (χ1n) is 6.03. The summed E-state index contributed by atoms with van der Waals surface area (Å²) in [4.78, 5) is 11.4. The lowest BCUT2D eigenvalue weighted by molar-refractivity contribution is -0.146. The van der Waals surface area contributed by atoms with Gasteiger partial charge in [-0.2, -0.15) is 13.2 Å². The van der Waals surface area contributed by atoms with E-state index in [0.717, 1.165) is 12.1 Å². The van der Waals surface area contributed by atoms with E-state index in [2.05, 4.69) is 5.32 Å². The Morgan fingerprint density at radius 3 is 2.65 bits per heavy atom. The van der Waals surface area contributed by atoms with Gasteiger partial charge in [0, 0.05) is 6.54 Å². The molecule has 3 nitrogen and oxygen atoms in total. The first kappa shape index (κ1) is 16.6. The Morgan fingerprint density at radius 1 is 1.45 bits per heavy atom. The molecule has 112 valence electrons. The monoisotopic (exact) mass is 309 g/mol. The van der Waals surface area contributed by atoms with Crippen LogP contribution >= 0.6 is 11.6 Å². The summed E-state index contributed by atoms with van der Waals surface area (Å²) in [6.07, 6.45) is -4.44. The number of esters is 1. The smallest absolute Gasteiger partial charge is 0.416 e. The molecular weight excluding hydrogens is 295 g/mol. The van der Waals surface area contributed by atoms with Gasteiger partial charge in [-0.1, -0.05) is 18.5 Å². The normalized spacial score (nSPS) is 12.9. The van der Waals surface area contributed by atoms with Crippen molar-refractivity contribution in [1.29, 1.82) is 0 Å². The Morgan fingerprint density at radius 2 is 2.10 bits per heavy atom. The van der Waals surface area contributed by atoms with Gasteiger partial charge >= 0.3 is 12.1 Å². The quantitative estimate of drug-likeness (QED) is 0.836. The minimum absolute atomic E-state index is 0.137. The fraction of sp³-hybridized carbons (Fsp3) is 0.462. The minimum Gasteiger partial charge on any atom is -0.466 e. The van der Waals surface area contributed by atoms with Crippen molar-refractivity contribution in [1.82, 2.24) is 0 Å². The maximum atomic E-state index is 12.6. The lowest BCUT2D eigenvalue weighted by Gasteiger charge is -2.15. The standard InChI is InChI=1S/C13H15ClF3NO2/c1-3-20-12(19)8(2)7-18-11-6-9(13(15,16)17)4-5-10(11)14/h4-6,8,18H,3,7H2,1-2H3. The van der Waals surface area contributed by atoms with E-state index in [0.29, 0.717) is 0 Å². The van der Waals surface area contributed by atoms with E-state index in [1.807, 2.05) is 0 Å². The lowest BCUT2D eigenvalue weighted by Crippen LogP contribution is -2.22. The van der Waals surface area contributed by atoms with Crippen molar-refractivity contribution in [2.45, 2.75) is 20.0 Å². The summed E-state index contributed by atoms with van der Waals surface area (Å²) in [6, 6.07) is 2.99. The zero-order valence-electron chi connectivity index (χ0n) is 11.1. The molecule has 7 heteroatoms. The average molecular weight is 310 g/mol. The molecule has 0 saturated heterocycles. The number of hydrogen-bond acceptors (Lipinski definition) is 3. The van der Waals surface area contributed by atoms with Crippen LogP contribution in [-0.2, 0) is 15.7 Å². The van der Waals surface area contributed by atoms with E-state index in [-0.39, 0.29) is 23.9 Å². The van der Waals surface area contributed by atoms with Crippen LogP contribution in [0.15, 0.2) is 18.2 Å². The number of benzene rings is 1. The summed E-state index contributed by atoms with van der Waals surface area (Å²) in [5.41, 5.74) is -0.661. The van der Waals surface area contributed by atoms with Crippen LogP contribution in [0.25, 0.3) is 0 Å². The van der Waals surface area contributed by atoms with E-state index < -0.39 is 23.6 Å². The molecule has 0 aliphatic rings. The molecule has 1 atom stereocenters. The molecule has 0 spiro atoms. The minimum atomic E-state index is -4.44. The van der Waals surface area contributed by atoms with Crippen LogP contribution in [0.3, 0.4) is 0 Å². The van der Waals surface area contributed by atoms with Gasteiger partial charge in [0.2, 0.25) is 0 Å². The third-order valence-corrected chi connectivity index (χ3v) is 2.91. The summed E-state index contributed by atoms with van der Waals surface area (Å²) >= 11 is 5.82. The second-order valence-electron chi connectivity index (χ2n) is 4.23. The second-order valence-corrected chi connectivity index (χ2v) is 4.63. The number of halogens is 4. The third-order valence-electron chi connectivity index (χ3n) is 2.58. The number of rotatable bonds is 5. The number of carbonyl (C=O) groups is 1. The molecule has 0 heterocycles. The summed E-state index contributed by atoms with van der Waals surface area (Å²) < 4.78 is 42.6. The summed E-state index contributed by atoms with van der Waals surface area (Å²) in [7, 11) is 0. The lowest BCUT2D eigenvalue weighted by atomic mass is 10.1. The van der Waals surface area contributed by atoms with Gasteiger partial charge in [-0.15, -0.1) is 0 Å². The third kappa shape index (κ3) is 4.59. The summed E-state index contributed by atoms with van der Waals surface area (Å²) in [6.45, 7) is 3.70. The number of ether oxygens (including phenoxy) is 1. The number of carbonyl (C=O) groups excluding carboxylic acids is 1. The predicted molar refractivity (Wildman–Crippen MR) is 70.7 cm³/mol. The topological polar surface area (TPSA) is 38.3 Å². The summed E-state index contributed by atoms with van der Waals surface area (Å²) in [5.74, 6) is -0.899. The van der Waals surface area contributed by atoms with Crippen LogP contribution in [0.5, 0.6) is 0 Å². The molecule has 1 aromatic carbocycles. The van der Waals surface area contributed by atoms with E-state index in [9.17, 15) is 18.0 Å². The number of hydrogen-bond donors (Lipinski definition) is 1. The van der Waals surface area contributed by atoms with Crippen LogP contribution in [0.4, 0.5) is 18.9 Å². The van der Waals surface area contributed by atoms with Gasteiger partial charge in [0.25, 0.3) is 0 Å². The molecule has 0 fully saturated rings. The Bertz CT molecular complexity index is 477. The zero-order valence-corrected chi connectivity index (χ0v) is 11.8. The van der Waals surface area contributed by atoms with Gasteiger partial charge in [-0.05, 0) is 25.1 Å². The highest BCUT2D eigenvalue weighted by atomic mass is 35.5. The molecule has 1 N–H and O–H groups in total. The van der Waals surface area contributed by atoms with Crippen molar-refractivity contribution in [3.8, 4) is 0 Å². The summed E-state index contributed by atoms with van der Waals surface area (Å²) in [5, 5.41) is 2.89. The maximum absolute atomic E-state index is 12.6. The first-order chi connectivity index (χ1) is 9.25. The van der Waals surface area contributed by atoms with Gasteiger partial charge in [0.15, 0.2) is 0 Å². The number of anilines is 1. The number of alkyl halides is 3. The van der Waals surface area contributed by atoms with Gasteiger partial charge in [0.05, 0.1) is 28.8 Å². The molecule has 0 saturated carbocycles. The zero-order chi connectivity index (χ0) is 15.3. The molecular formula is C13H15ClF3NO2. The largest absolute Gasteiger partial charge is 0.466 e. The Labute approximate surface area is 120 Å². The van der Waals surface area contributed by atoms with Gasteiger partial charge in [-0.3, -0.25) is 4.79 Å². The molecule has 0 aliphatic carbocycles. The fourth-order valence-corrected chi connectivity index (χ4v) is 1.65. The Hall–Kier alpha value is -1.43. The molecule has 0 amide bonds. The van der Waals surface area contributed by atoms with E-state index >= 15 is 0 Å². The van der Waals surface area contributed by atoms with Gasteiger partial charge < -0.3 is 10.1 Å². The van der Waals surface area contributed by atoms with Crippen molar-refractivity contribution >= 4 is 23.3 Å². The van der Waals surface area contributed by atoms with Gasteiger partial charge in [-0.25, -0.2) is 0 Å². The number of nitrogens with one attached hydrogen (secondary N) is 1. The van der Waals surface area contributed by atoms with E-state index in [1.54, 1.807) is 13.8 Å². The van der Waals surface area contributed by atoms with E-state index in [4.69, 9.17) is 16.3 Å². The van der Waals surface area contributed by atoms with Crippen molar-refractivity contribution in [3.63, 3.8) is 0 Å². The van der Waals surface area contributed by atoms with Crippen molar-refractivity contribution in [2.75, 3.05) is 18.5 Å². The molecule has 0 aromatic heterocycles. The SMILES string of the molecule is CCOC(=O)C(C)CNc1cc(C(F)(F)F)ccc1Cl. The van der Waals surface area contributed by atoms with Crippen LogP contribution in [0, 0.1) is 5.92 Å². The molecule has 1 rings (SSSR count). The average Bonchev–Trinajstić information content (AvgIpc) is 2.36. The van der Waals surface area contributed by atoms with Crippen LogP contribution in [0.1, 0.15) is 19.4 Å². The van der Waals surface area contributed by atoms with E-state index in [1.165, 1.54) is 6.07 Å². The Kier molecular flexibility index (Phi) is 5.68. The maximum Gasteiger partial charge on any atom is 0.416 e. The highest BCUT2D eigenvalue weighted by Crippen LogP contribution is 2.33. The van der Waals surface area contributed by atoms with Crippen molar-refractivity contribution in [3.05, 3.63) is 28.8 Å². The predicted octanol–water partition coefficient (Wildman–Crippen LogP) is 3.97. The van der Waals surface area contributed by atoms with Crippen LogP contribution in [-0.4, -0.2) is 19.1 Å². The van der Waals surface area contributed by atoms with Crippen molar-refractivity contribution < 1.29 is 22.7 Å². The van der Waals surface area contributed by atoms with Crippen LogP contribution < -0.4 is 5.32 Å². The second kappa shape index (κ2) is 6.83. The van der Waals surface area contributed by atoms with Crippen molar-refractivity contribution in [2.24, 2.45) is 5.92 Å². The first-order valence-corrected chi connectivity index (χ1v) is 6.40. The molecule has 20 heavy (non-hydrogen) atoms. The van der Waals surface area contributed by atoms with Crippen LogP contribution in [0.2, 0.25) is 5.02 Å². The highest BCUT2D eigenvalue weighted by molar-refractivity contribution is 6.33. The highest BCUT2D eigenvalue weighted by Gasteiger charge is 2.31. The molecule has 1 unspecified atom stereocenters. The Balaban J connectivity index is 2.75. The molecule has 0 bridgehead atoms.